The normalized spacial score (nSPS) is 17.6. The van der Waals surface area contributed by atoms with E-state index in [0.29, 0.717) is 6.54 Å². The number of nitrogens with zero attached hydrogens (tertiary/aromatic N) is 2. The molecule has 1 aliphatic heterocycles. The third-order valence-corrected chi connectivity index (χ3v) is 4.00. The zero-order valence-electron chi connectivity index (χ0n) is 12.3. The molecule has 0 aliphatic carbocycles. The number of hydrogen-bond donors (Lipinski definition) is 1. The predicted molar refractivity (Wildman–Crippen MR) is 83.0 cm³/mol. The first-order valence-corrected chi connectivity index (χ1v) is 7.51. The summed E-state index contributed by atoms with van der Waals surface area (Å²) in [7, 11) is 0. The number of hydrogen-bond acceptors (Lipinski definition) is 2. The maximum Gasteiger partial charge on any atom is 0.237 e. The second kappa shape index (κ2) is 6.14. The number of amides is 1. The Morgan fingerprint density at radius 2 is 2.00 bits per heavy atom. The average Bonchev–Trinajstić information content (AvgIpc) is 3.01. The monoisotopic (exact) mass is 283 g/mol. The SMILES string of the molecule is CCNCC(=O)N1CCn2cccc2C1c1ccccc1. The molecular weight excluding hydrogens is 262 g/mol. The van der Waals surface area contributed by atoms with Gasteiger partial charge in [0.05, 0.1) is 12.6 Å². The van der Waals surface area contributed by atoms with Gasteiger partial charge in [-0.2, -0.15) is 0 Å². The van der Waals surface area contributed by atoms with Crippen molar-refractivity contribution in [3.63, 3.8) is 0 Å². The van der Waals surface area contributed by atoms with Crippen LogP contribution in [0.25, 0.3) is 0 Å². The Morgan fingerprint density at radius 1 is 1.19 bits per heavy atom. The molecule has 1 aliphatic rings. The molecule has 0 fully saturated rings. The van der Waals surface area contributed by atoms with Crippen LogP contribution in [0, 0.1) is 0 Å². The van der Waals surface area contributed by atoms with E-state index in [1.807, 2.05) is 30.0 Å². The van der Waals surface area contributed by atoms with Crippen molar-refractivity contribution >= 4 is 5.91 Å². The first-order chi connectivity index (χ1) is 10.3. The summed E-state index contributed by atoms with van der Waals surface area (Å²) in [5.74, 6) is 0.165. The lowest BCUT2D eigenvalue weighted by Gasteiger charge is -2.37. The zero-order valence-corrected chi connectivity index (χ0v) is 12.3. The van der Waals surface area contributed by atoms with E-state index in [9.17, 15) is 4.79 Å². The van der Waals surface area contributed by atoms with Gasteiger partial charge >= 0.3 is 0 Å². The number of benzene rings is 1. The van der Waals surface area contributed by atoms with Gasteiger partial charge in [-0.05, 0) is 24.2 Å². The number of rotatable bonds is 4. The summed E-state index contributed by atoms with van der Waals surface area (Å²) in [4.78, 5) is 14.5. The van der Waals surface area contributed by atoms with Gasteiger partial charge in [0.1, 0.15) is 0 Å². The number of fused-ring (bicyclic) bond motifs is 1. The van der Waals surface area contributed by atoms with Crippen LogP contribution in [0.5, 0.6) is 0 Å². The van der Waals surface area contributed by atoms with Gasteiger partial charge in [0, 0.05) is 25.0 Å². The quantitative estimate of drug-likeness (QED) is 0.932. The molecule has 4 nitrogen and oxygen atoms in total. The predicted octanol–water partition coefficient (Wildman–Crippen LogP) is 2.03. The summed E-state index contributed by atoms with van der Waals surface area (Å²) in [6.07, 6.45) is 2.09. The number of likely N-dealkylation sites (N-methyl/N-ethyl adjacent to an activating group) is 1. The summed E-state index contributed by atoms with van der Waals surface area (Å²) in [6, 6.07) is 14.5. The molecule has 0 saturated carbocycles. The lowest BCUT2D eigenvalue weighted by atomic mass is 10.00. The number of carbonyl (C=O) groups excluding carboxylic acids is 1. The lowest BCUT2D eigenvalue weighted by molar-refractivity contribution is -0.132. The minimum atomic E-state index is 0.0149. The highest BCUT2D eigenvalue weighted by Gasteiger charge is 2.31. The molecule has 1 aromatic heterocycles. The van der Waals surface area contributed by atoms with Crippen LogP contribution in [0.1, 0.15) is 24.2 Å². The minimum absolute atomic E-state index is 0.0149. The van der Waals surface area contributed by atoms with E-state index in [-0.39, 0.29) is 11.9 Å². The molecule has 110 valence electrons. The summed E-state index contributed by atoms with van der Waals surface area (Å²) < 4.78 is 2.24. The van der Waals surface area contributed by atoms with Gasteiger partial charge in [0.2, 0.25) is 5.91 Å². The van der Waals surface area contributed by atoms with Gasteiger partial charge in [-0.15, -0.1) is 0 Å². The van der Waals surface area contributed by atoms with Crippen LogP contribution < -0.4 is 5.32 Å². The Balaban J connectivity index is 1.95. The molecule has 2 heterocycles. The molecule has 3 rings (SSSR count). The van der Waals surface area contributed by atoms with Crippen molar-refractivity contribution in [1.29, 1.82) is 0 Å². The Hall–Kier alpha value is -2.07. The summed E-state index contributed by atoms with van der Waals surface area (Å²) in [5, 5.41) is 3.14. The third-order valence-electron chi connectivity index (χ3n) is 4.00. The van der Waals surface area contributed by atoms with E-state index < -0.39 is 0 Å². The summed E-state index contributed by atoms with van der Waals surface area (Å²) in [6.45, 7) is 4.85. The second-order valence-electron chi connectivity index (χ2n) is 5.31. The molecule has 1 N–H and O–H groups in total. The molecule has 1 aromatic carbocycles. The van der Waals surface area contributed by atoms with Crippen LogP contribution in [0.2, 0.25) is 0 Å². The Morgan fingerprint density at radius 3 is 2.76 bits per heavy atom. The van der Waals surface area contributed by atoms with Crippen molar-refractivity contribution in [2.24, 2.45) is 0 Å². The highest BCUT2D eigenvalue weighted by atomic mass is 16.2. The van der Waals surface area contributed by atoms with Crippen LogP contribution >= 0.6 is 0 Å². The fourth-order valence-corrected chi connectivity index (χ4v) is 2.97. The molecule has 1 unspecified atom stereocenters. The van der Waals surface area contributed by atoms with Crippen molar-refractivity contribution in [2.45, 2.75) is 19.5 Å². The van der Waals surface area contributed by atoms with E-state index in [4.69, 9.17) is 0 Å². The van der Waals surface area contributed by atoms with Crippen molar-refractivity contribution in [2.75, 3.05) is 19.6 Å². The molecular formula is C17H21N3O. The van der Waals surface area contributed by atoms with Crippen LogP contribution in [-0.2, 0) is 11.3 Å². The van der Waals surface area contributed by atoms with Crippen LogP contribution in [0.15, 0.2) is 48.7 Å². The van der Waals surface area contributed by atoms with E-state index in [1.165, 1.54) is 11.3 Å². The molecule has 0 saturated heterocycles. The highest BCUT2D eigenvalue weighted by Crippen LogP contribution is 2.32. The minimum Gasteiger partial charge on any atom is -0.348 e. The maximum atomic E-state index is 12.5. The molecule has 0 bridgehead atoms. The van der Waals surface area contributed by atoms with Gasteiger partial charge in [-0.3, -0.25) is 4.79 Å². The lowest BCUT2D eigenvalue weighted by Crippen LogP contribution is -2.45. The molecule has 1 atom stereocenters. The number of nitrogens with one attached hydrogen (secondary N) is 1. The largest absolute Gasteiger partial charge is 0.348 e. The summed E-state index contributed by atoms with van der Waals surface area (Å²) in [5.41, 5.74) is 2.36. The molecule has 2 aromatic rings. The first-order valence-electron chi connectivity index (χ1n) is 7.51. The fraction of sp³-hybridized carbons (Fsp3) is 0.353. The average molecular weight is 283 g/mol. The topological polar surface area (TPSA) is 37.3 Å². The van der Waals surface area contributed by atoms with Gasteiger partial charge in [-0.1, -0.05) is 37.3 Å². The van der Waals surface area contributed by atoms with Crippen molar-refractivity contribution in [1.82, 2.24) is 14.8 Å². The number of aromatic nitrogens is 1. The van der Waals surface area contributed by atoms with Crippen LogP contribution in [0.3, 0.4) is 0 Å². The zero-order chi connectivity index (χ0) is 14.7. The summed E-state index contributed by atoms with van der Waals surface area (Å²) >= 11 is 0. The molecule has 0 spiro atoms. The van der Waals surface area contributed by atoms with Gasteiger partial charge in [-0.25, -0.2) is 0 Å². The van der Waals surface area contributed by atoms with Crippen molar-refractivity contribution in [3.05, 3.63) is 59.9 Å². The smallest absolute Gasteiger partial charge is 0.237 e. The third kappa shape index (κ3) is 2.72. The van der Waals surface area contributed by atoms with E-state index in [1.54, 1.807) is 0 Å². The Bertz CT molecular complexity index is 606. The fourth-order valence-electron chi connectivity index (χ4n) is 2.97. The van der Waals surface area contributed by atoms with E-state index in [0.717, 1.165) is 19.6 Å². The Labute approximate surface area is 125 Å². The second-order valence-corrected chi connectivity index (χ2v) is 5.31. The molecule has 0 radical (unpaired) electrons. The van der Waals surface area contributed by atoms with Crippen LogP contribution in [0.4, 0.5) is 0 Å². The Kier molecular flexibility index (Phi) is 4.06. The first kappa shape index (κ1) is 13.9. The van der Waals surface area contributed by atoms with Gasteiger partial charge in [0.25, 0.3) is 0 Å². The van der Waals surface area contributed by atoms with Crippen molar-refractivity contribution in [3.8, 4) is 0 Å². The van der Waals surface area contributed by atoms with Gasteiger partial charge < -0.3 is 14.8 Å². The van der Waals surface area contributed by atoms with Crippen LogP contribution in [-0.4, -0.2) is 35.0 Å². The van der Waals surface area contributed by atoms with Crippen molar-refractivity contribution < 1.29 is 4.79 Å². The van der Waals surface area contributed by atoms with E-state index in [2.05, 4.69) is 40.3 Å². The number of carbonyl (C=O) groups is 1. The van der Waals surface area contributed by atoms with E-state index >= 15 is 0 Å². The molecule has 1 amide bonds. The van der Waals surface area contributed by atoms with Gasteiger partial charge in [0.15, 0.2) is 0 Å². The standard InChI is InChI=1S/C17H21N3O/c1-2-18-13-16(21)20-12-11-19-10-6-9-15(19)17(20)14-7-4-3-5-8-14/h3-10,17-18H,2,11-13H2,1H3. The highest BCUT2D eigenvalue weighted by molar-refractivity contribution is 5.79. The molecule has 4 heteroatoms. The maximum absolute atomic E-state index is 12.5. The molecule has 21 heavy (non-hydrogen) atoms.